The Morgan fingerprint density at radius 1 is 1.10 bits per heavy atom. The summed E-state index contributed by atoms with van der Waals surface area (Å²) in [5.41, 5.74) is 7.45. The molecular formula is C22H22BN3O3. The van der Waals surface area contributed by atoms with E-state index >= 15 is 0 Å². The van der Waals surface area contributed by atoms with Crippen molar-refractivity contribution in [2.24, 2.45) is 0 Å². The summed E-state index contributed by atoms with van der Waals surface area (Å²) >= 11 is 0. The first kappa shape index (κ1) is 18.2. The van der Waals surface area contributed by atoms with E-state index in [9.17, 15) is 10.0 Å². The number of aromatic amines is 1. The number of pyridine rings is 1. The van der Waals surface area contributed by atoms with Gasteiger partial charge in [-0.2, -0.15) is 5.10 Å². The summed E-state index contributed by atoms with van der Waals surface area (Å²) < 4.78 is 5.63. The average Bonchev–Trinajstić information content (AvgIpc) is 3.21. The number of aryl methyl sites for hydroxylation is 2. The van der Waals surface area contributed by atoms with Crippen LogP contribution in [0.25, 0.3) is 33.1 Å². The number of H-pyrrole nitrogens is 1. The first-order valence-corrected chi connectivity index (χ1v) is 9.91. The first-order valence-electron chi connectivity index (χ1n) is 9.91. The minimum absolute atomic E-state index is 0.360. The average molecular weight is 387 g/mol. The Hall–Kier alpha value is -2.90. The van der Waals surface area contributed by atoms with Crippen LogP contribution >= 0.6 is 0 Å². The molecule has 6 nitrogen and oxygen atoms in total. The van der Waals surface area contributed by atoms with Crippen LogP contribution < -0.4 is 10.2 Å². The van der Waals surface area contributed by atoms with Crippen molar-refractivity contribution in [3.63, 3.8) is 0 Å². The summed E-state index contributed by atoms with van der Waals surface area (Å²) in [6.07, 6.45) is 6.07. The molecule has 2 aromatic heterocycles. The number of rotatable bonds is 3. The van der Waals surface area contributed by atoms with Crippen LogP contribution in [0.15, 0.2) is 30.5 Å². The number of ether oxygens (including phenoxy) is 1. The maximum absolute atomic E-state index is 9.88. The van der Waals surface area contributed by atoms with E-state index in [-0.39, 0.29) is 0 Å². The molecule has 0 radical (unpaired) electrons. The van der Waals surface area contributed by atoms with E-state index in [2.05, 4.69) is 10.2 Å². The van der Waals surface area contributed by atoms with Crippen LogP contribution in [0.3, 0.4) is 0 Å². The molecule has 0 bridgehead atoms. The fourth-order valence-corrected chi connectivity index (χ4v) is 4.67. The molecule has 1 aliphatic rings. The molecule has 5 rings (SSSR count). The Kier molecular flexibility index (Phi) is 4.30. The molecule has 7 heteroatoms. The van der Waals surface area contributed by atoms with Gasteiger partial charge in [-0.1, -0.05) is 11.6 Å². The zero-order chi connectivity index (χ0) is 20.1. The van der Waals surface area contributed by atoms with Gasteiger partial charge in [-0.3, -0.25) is 5.10 Å². The highest BCUT2D eigenvalue weighted by molar-refractivity contribution is 6.60. The summed E-state index contributed by atoms with van der Waals surface area (Å²) in [4.78, 5) is 5.05. The zero-order valence-electron chi connectivity index (χ0n) is 16.5. The van der Waals surface area contributed by atoms with E-state index in [1.165, 1.54) is 16.5 Å². The van der Waals surface area contributed by atoms with Gasteiger partial charge in [-0.15, -0.1) is 0 Å². The second-order valence-corrected chi connectivity index (χ2v) is 7.72. The summed E-state index contributed by atoms with van der Waals surface area (Å²) in [6, 6.07) is 7.80. The van der Waals surface area contributed by atoms with Crippen molar-refractivity contribution in [1.29, 1.82) is 0 Å². The molecule has 0 saturated heterocycles. The highest BCUT2D eigenvalue weighted by Crippen LogP contribution is 2.40. The van der Waals surface area contributed by atoms with Gasteiger partial charge in [0.25, 0.3) is 0 Å². The Bertz CT molecular complexity index is 1250. The normalized spacial score (nSPS) is 13.7. The van der Waals surface area contributed by atoms with E-state index < -0.39 is 7.12 Å². The molecule has 3 N–H and O–H groups in total. The predicted molar refractivity (Wildman–Crippen MR) is 115 cm³/mol. The topological polar surface area (TPSA) is 91.3 Å². The highest BCUT2D eigenvalue weighted by Gasteiger charge is 2.26. The van der Waals surface area contributed by atoms with Crippen LogP contribution in [0.1, 0.15) is 29.5 Å². The summed E-state index contributed by atoms with van der Waals surface area (Å²) in [5, 5.41) is 29.3. The number of methoxy groups -OCH3 is 1. The number of nitrogens with zero attached hydrogens (tertiary/aromatic N) is 2. The monoisotopic (exact) mass is 387 g/mol. The van der Waals surface area contributed by atoms with Crippen molar-refractivity contribution in [3.8, 4) is 17.0 Å². The molecule has 0 atom stereocenters. The molecule has 0 aliphatic heterocycles. The number of hydrogen-bond acceptors (Lipinski definition) is 5. The highest BCUT2D eigenvalue weighted by atomic mass is 16.5. The zero-order valence-corrected chi connectivity index (χ0v) is 16.5. The lowest BCUT2D eigenvalue weighted by Gasteiger charge is -2.23. The Morgan fingerprint density at radius 2 is 1.90 bits per heavy atom. The van der Waals surface area contributed by atoms with E-state index in [1.54, 1.807) is 13.2 Å². The lowest BCUT2D eigenvalue weighted by molar-refractivity contribution is 0.404. The summed E-state index contributed by atoms with van der Waals surface area (Å²) in [5.74, 6) is 0.467. The molecular weight excluding hydrogens is 365 g/mol. The Morgan fingerprint density at radius 3 is 2.66 bits per heavy atom. The van der Waals surface area contributed by atoms with Gasteiger partial charge in [0.15, 0.2) is 0 Å². The number of hydrogen-bond donors (Lipinski definition) is 3. The first-order chi connectivity index (χ1) is 14.1. The van der Waals surface area contributed by atoms with Gasteiger partial charge in [-0.05, 0) is 61.9 Å². The van der Waals surface area contributed by atoms with Crippen LogP contribution in [0, 0.1) is 6.92 Å². The second-order valence-electron chi connectivity index (χ2n) is 7.72. The minimum atomic E-state index is -1.61. The predicted octanol–water partition coefficient (Wildman–Crippen LogP) is 2.65. The molecule has 2 heterocycles. The van der Waals surface area contributed by atoms with E-state index in [1.807, 2.05) is 31.3 Å². The molecule has 0 saturated carbocycles. The number of benzene rings is 2. The standard InChI is InChI=1S/C22H22BN3O3/c1-12-9-15(22(29-2)17(10-12)23(27)28)21-14-6-4-3-5-13(14)20-16-11-24-26-18(16)7-8-19(20)25-21/h7-11,27-28H,3-6H2,1-2H3,(H,24,26). The van der Waals surface area contributed by atoms with Gasteiger partial charge >= 0.3 is 7.12 Å². The lowest BCUT2D eigenvalue weighted by atomic mass is 9.76. The van der Waals surface area contributed by atoms with Crippen LogP contribution in [0.4, 0.5) is 0 Å². The Labute approximate surface area is 168 Å². The smallest absolute Gasteiger partial charge is 0.492 e. The van der Waals surface area contributed by atoms with Gasteiger partial charge < -0.3 is 14.8 Å². The van der Waals surface area contributed by atoms with Crippen LogP contribution in [0.5, 0.6) is 5.75 Å². The second kappa shape index (κ2) is 6.86. The fraction of sp³-hybridized carbons (Fsp3) is 0.273. The number of nitrogens with one attached hydrogen (secondary N) is 1. The van der Waals surface area contributed by atoms with Crippen molar-refractivity contribution in [3.05, 3.63) is 47.2 Å². The van der Waals surface area contributed by atoms with Crippen LogP contribution in [-0.2, 0) is 12.8 Å². The van der Waals surface area contributed by atoms with Gasteiger partial charge in [0.05, 0.1) is 30.0 Å². The molecule has 0 amide bonds. The van der Waals surface area contributed by atoms with Gasteiger partial charge in [0.1, 0.15) is 5.75 Å². The van der Waals surface area contributed by atoms with Crippen molar-refractivity contribution >= 4 is 34.4 Å². The summed E-state index contributed by atoms with van der Waals surface area (Å²) in [6.45, 7) is 1.94. The number of fused-ring (bicyclic) bond motifs is 5. The molecule has 4 aromatic rings. The Balaban J connectivity index is 1.89. The van der Waals surface area contributed by atoms with E-state index in [0.717, 1.165) is 58.9 Å². The van der Waals surface area contributed by atoms with E-state index in [0.29, 0.717) is 11.2 Å². The van der Waals surface area contributed by atoms with Crippen molar-refractivity contribution in [2.75, 3.05) is 7.11 Å². The third-order valence-electron chi connectivity index (χ3n) is 5.89. The van der Waals surface area contributed by atoms with Crippen molar-refractivity contribution in [2.45, 2.75) is 32.6 Å². The van der Waals surface area contributed by atoms with Crippen molar-refractivity contribution in [1.82, 2.24) is 15.2 Å². The quantitative estimate of drug-likeness (QED) is 0.470. The molecule has 2 aromatic carbocycles. The van der Waals surface area contributed by atoms with Gasteiger partial charge in [-0.25, -0.2) is 4.98 Å². The lowest BCUT2D eigenvalue weighted by Crippen LogP contribution is -2.32. The van der Waals surface area contributed by atoms with Crippen molar-refractivity contribution < 1.29 is 14.8 Å². The van der Waals surface area contributed by atoms with Crippen LogP contribution in [-0.4, -0.2) is 39.5 Å². The fourth-order valence-electron chi connectivity index (χ4n) is 4.67. The third kappa shape index (κ3) is 2.81. The maximum Gasteiger partial charge on any atom is 0.492 e. The number of aromatic nitrogens is 3. The molecule has 29 heavy (non-hydrogen) atoms. The maximum atomic E-state index is 9.88. The molecule has 0 spiro atoms. The third-order valence-corrected chi connectivity index (χ3v) is 5.89. The van der Waals surface area contributed by atoms with E-state index in [4.69, 9.17) is 9.72 Å². The summed E-state index contributed by atoms with van der Waals surface area (Å²) in [7, 11) is -0.0480. The molecule has 0 unspecified atom stereocenters. The SMILES string of the molecule is COc1c(B(O)O)cc(C)cc1-c1nc2ccc3[nH]ncc3c2c2c1CCCC2. The van der Waals surface area contributed by atoms with Gasteiger partial charge in [0, 0.05) is 21.8 Å². The largest absolute Gasteiger partial charge is 0.496 e. The van der Waals surface area contributed by atoms with Crippen LogP contribution in [0.2, 0.25) is 0 Å². The molecule has 1 aliphatic carbocycles. The molecule has 0 fully saturated rings. The van der Waals surface area contributed by atoms with Gasteiger partial charge in [0.2, 0.25) is 0 Å². The molecule has 146 valence electrons. The minimum Gasteiger partial charge on any atom is -0.496 e.